The minimum atomic E-state index is -0.805. The molecule has 1 aliphatic heterocycles. The number of aliphatic carboxylic acids is 1. The highest BCUT2D eigenvalue weighted by molar-refractivity contribution is 5.67. The van der Waals surface area contributed by atoms with Gasteiger partial charge in [0.2, 0.25) is 0 Å². The second-order valence-electron chi connectivity index (χ2n) is 4.99. The van der Waals surface area contributed by atoms with E-state index in [-0.39, 0.29) is 18.6 Å². The molecule has 0 spiro atoms. The van der Waals surface area contributed by atoms with Gasteiger partial charge in [0.15, 0.2) is 5.82 Å². The highest BCUT2D eigenvalue weighted by atomic mass is 16.5. The first kappa shape index (κ1) is 11.6. The highest BCUT2D eigenvalue weighted by Crippen LogP contribution is 2.42. The molecule has 2 atom stereocenters. The summed E-state index contributed by atoms with van der Waals surface area (Å²) < 4.78 is 7.26. The predicted molar refractivity (Wildman–Crippen MR) is 59.8 cm³/mol. The zero-order valence-corrected chi connectivity index (χ0v) is 10.0. The van der Waals surface area contributed by atoms with Gasteiger partial charge in [-0.1, -0.05) is 0 Å². The topological polar surface area (TPSA) is 90.1 Å². The Morgan fingerprint density at radius 3 is 2.94 bits per heavy atom. The molecule has 1 aromatic heterocycles. The van der Waals surface area contributed by atoms with Crippen LogP contribution in [0.25, 0.3) is 0 Å². The Kier molecular flexibility index (Phi) is 2.99. The predicted octanol–water partition coefficient (Wildman–Crippen LogP) is 0.950. The average Bonchev–Trinajstić information content (AvgIpc) is 2.86. The maximum atomic E-state index is 11.0. The third-order valence-electron chi connectivity index (χ3n) is 3.60. The summed E-state index contributed by atoms with van der Waals surface area (Å²) in [7, 11) is 0. The van der Waals surface area contributed by atoms with E-state index in [1.165, 1.54) is 0 Å². The van der Waals surface area contributed by atoms with Gasteiger partial charge in [-0.15, -0.1) is 5.10 Å². The van der Waals surface area contributed by atoms with Crippen LogP contribution in [0.1, 0.15) is 50.1 Å². The molecule has 1 saturated carbocycles. The van der Waals surface area contributed by atoms with Crippen LogP contribution < -0.4 is 0 Å². The van der Waals surface area contributed by atoms with Crippen molar-refractivity contribution in [2.24, 2.45) is 5.92 Å². The lowest BCUT2D eigenvalue weighted by Gasteiger charge is -2.17. The molecule has 7 nitrogen and oxygen atoms in total. The minimum Gasteiger partial charge on any atom is -0.481 e. The van der Waals surface area contributed by atoms with E-state index >= 15 is 0 Å². The van der Waals surface area contributed by atoms with Gasteiger partial charge in [0.1, 0.15) is 6.10 Å². The van der Waals surface area contributed by atoms with Crippen molar-refractivity contribution in [2.45, 2.75) is 44.2 Å². The molecule has 2 unspecified atom stereocenters. The maximum absolute atomic E-state index is 11.0. The maximum Gasteiger partial charge on any atom is 0.305 e. The Morgan fingerprint density at radius 2 is 2.33 bits per heavy atom. The zero-order chi connectivity index (χ0) is 12.5. The van der Waals surface area contributed by atoms with E-state index in [9.17, 15) is 4.79 Å². The Morgan fingerprint density at radius 1 is 1.50 bits per heavy atom. The molecule has 1 aromatic rings. The van der Waals surface area contributed by atoms with Crippen LogP contribution >= 0.6 is 0 Å². The average molecular weight is 252 g/mol. The van der Waals surface area contributed by atoms with Gasteiger partial charge in [0, 0.05) is 6.61 Å². The normalized spacial score (nSPS) is 25.2. The first-order valence-electron chi connectivity index (χ1n) is 6.37. The van der Waals surface area contributed by atoms with E-state index in [1.807, 2.05) is 0 Å². The first-order chi connectivity index (χ1) is 8.75. The standard InChI is InChI=1S/C11H16N4O3/c16-10(17)6-8(7-3-4-7)15-11(12-13-14-15)9-2-1-5-18-9/h7-9H,1-6H2,(H,16,17). The quantitative estimate of drug-likeness (QED) is 0.839. The number of hydrogen-bond acceptors (Lipinski definition) is 5. The second kappa shape index (κ2) is 4.64. The summed E-state index contributed by atoms with van der Waals surface area (Å²) in [6.45, 7) is 0.727. The molecule has 98 valence electrons. The third kappa shape index (κ3) is 2.22. The Bertz CT molecular complexity index is 437. The molecule has 7 heteroatoms. The Hall–Kier alpha value is -1.50. The molecule has 1 N–H and O–H groups in total. The molecule has 18 heavy (non-hydrogen) atoms. The molecule has 0 radical (unpaired) electrons. The van der Waals surface area contributed by atoms with E-state index in [0.29, 0.717) is 11.7 Å². The van der Waals surface area contributed by atoms with Crippen LogP contribution in [0.3, 0.4) is 0 Å². The number of hydrogen-bond donors (Lipinski definition) is 1. The summed E-state index contributed by atoms with van der Waals surface area (Å²) in [6.07, 6.45) is 4.03. The third-order valence-corrected chi connectivity index (χ3v) is 3.60. The fourth-order valence-electron chi connectivity index (χ4n) is 2.54. The van der Waals surface area contributed by atoms with Gasteiger partial charge in [-0.2, -0.15) is 0 Å². The monoisotopic (exact) mass is 252 g/mol. The smallest absolute Gasteiger partial charge is 0.305 e. The number of rotatable bonds is 5. The molecular formula is C11H16N4O3. The van der Waals surface area contributed by atoms with E-state index in [2.05, 4.69) is 15.5 Å². The number of carboxylic acid groups (broad SMARTS) is 1. The number of carboxylic acids is 1. The fraction of sp³-hybridized carbons (Fsp3) is 0.818. The molecule has 1 aliphatic carbocycles. The number of aromatic nitrogens is 4. The zero-order valence-electron chi connectivity index (χ0n) is 10.0. The van der Waals surface area contributed by atoms with Gasteiger partial charge in [0.25, 0.3) is 0 Å². The van der Waals surface area contributed by atoms with E-state index < -0.39 is 5.97 Å². The van der Waals surface area contributed by atoms with Crippen molar-refractivity contribution in [3.63, 3.8) is 0 Å². The van der Waals surface area contributed by atoms with Crippen LogP contribution in [-0.2, 0) is 9.53 Å². The molecule has 1 saturated heterocycles. The summed E-state index contributed by atoms with van der Waals surface area (Å²) in [5, 5.41) is 20.7. The van der Waals surface area contributed by atoms with Gasteiger partial charge in [-0.25, -0.2) is 4.68 Å². The molecule has 2 aliphatic rings. The summed E-state index contributed by atoms with van der Waals surface area (Å²) in [5.41, 5.74) is 0. The van der Waals surface area contributed by atoms with Crippen LogP contribution in [-0.4, -0.2) is 37.9 Å². The van der Waals surface area contributed by atoms with Crippen LogP contribution in [0.2, 0.25) is 0 Å². The van der Waals surface area contributed by atoms with Crippen molar-refractivity contribution in [1.29, 1.82) is 0 Å². The number of nitrogens with zero attached hydrogens (tertiary/aromatic N) is 4. The second-order valence-corrected chi connectivity index (χ2v) is 4.99. The number of carbonyl (C=O) groups is 1. The van der Waals surface area contributed by atoms with E-state index in [0.717, 1.165) is 32.3 Å². The molecule has 2 fully saturated rings. The van der Waals surface area contributed by atoms with E-state index in [4.69, 9.17) is 9.84 Å². The Labute approximate surface area is 104 Å². The van der Waals surface area contributed by atoms with Gasteiger partial charge >= 0.3 is 5.97 Å². The fourth-order valence-corrected chi connectivity index (χ4v) is 2.54. The number of ether oxygens (including phenoxy) is 1. The van der Waals surface area contributed by atoms with Crippen molar-refractivity contribution in [2.75, 3.05) is 6.61 Å². The van der Waals surface area contributed by atoms with Crippen molar-refractivity contribution in [1.82, 2.24) is 20.2 Å². The van der Waals surface area contributed by atoms with Crippen LogP contribution in [0, 0.1) is 5.92 Å². The minimum absolute atomic E-state index is 0.0740. The van der Waals surface area contributed by atoms with Crippen LogP contribution in [0.4, 0.5) is 0 Å². The van der Waals surface area contributed by atoms with Crippen LogP contribution in [0.15, 0.2) is 0 Å². The Balaban J connectivity index is 1.84. The first-order valence-corrected chi connectivity index (χ1v) is 6.37. The van der Waals surface area contributed by atoms with Crippen molar-refractivity contribution in [3.05, 3.63) is 5.82 Å². The molecule has 0 bridgehead atoms. The molecule has 3 rings (SSSR count). The number of tetrazole rings is 1. The molecule has 0 amide bonds. The summed E-state index contributed by atoms with van der Waals surface area (Å²) in [5.74, 6) is 0.274. The molecular weight excluding hydrogens is 236 g/mol. The van der Waals surface area contributed by atoms with Gasteiger partial charge in [0.05, 0.1) is 12.5 Å². The van der Waals surface area contributed by atoms with Crippen molar-refractivity contribution >= 4 is 5.97 Å². The largest absolute Gasteiger partial charge is 0.481 e. The van der Waals surface area contributed by atoms with Crippen molar-refractivity contribution in [3.8, 4) is 0 Å². The molecule has 2 heterocycles. The summed E-state index contributed by atoms with van der Waals surface area (Å²) in [4.78, 5) is 11.0. The lowest BCUT2D eigenvalue weighted by molar-refractivity contribution is -0.138. The van der Waals surface area contributed by atoms with E-state index in [1.54, 1.807) is 4.68 Å². The van der Waals surface area contributed by atoms with Gasteiger partial charge in [-0.3, -0.25) is 4.79 Å². The van der Waals surface area contributed by atoms with Crippen LogP contribution in [0.5, 0.6) is 0 Å². The summed E-state index contributed by atoms with van der Waals surface area (Å²) in [6, 6.07) is -0.128. The van der Waals surface area contributed by atoms with Crippen molar-refractivity contribution < 1.29 is 14.6 Å². The SMILES string of the molecule is O=C(O)CC(C1CC1)n1nnnc1C1CCCO1. The van der Waals surface area contributed by atoms with Gasteiger partial charge < -0.3 is 9.84 Å². The lowest BCUT2D eigenvalue weighted by atomic mass is 10.1. The summed E-state index contributed by atoms with van der Waals surface area (Å²) >= 11 is 0. The lowest BCUT2D eigenvalue weighted by Crippen LogP contribution is -2.21. The molecule has 0 aromatic carbocycles. The highest BCUT2D eigenvalue weighted by Gasteiger charge is 2.37. The van der Waals surface area contributed by atoms with Gasteiger partial charge in [-0.05, 0) is 42.0 Å².